The van der Waals surface area contributed by atoms with E-state index in [0.29, 0.717) is 12.4 Å². The van der Waals surface area contributed by atoms with Crippen molar-refractivity contribution < 1.29 is 9.13 Å². The summed E-state index contributed by atoms with van der Waals surface area (Å²) in [5.41, 5.74) is 2.30. The number of aromatic nitrogens is 2. The monoisotopic (exact) mass is 349 g/mol. The van der Waals surface area contributed by atoms with E-state index >= 15 is 0 Å². The van der Waals surface area contributed by atoms with Gasteiger partial charge in [-0.05, 0) is 31.2 Å². The third-order valence-electron chi connectivity index (χ3n) is 5.40. The fourth-order valence-electron chi connectivity index (χ4n) is 4.07. The highest BCUT2D eigenvalue weighted by Crippen LogP contribution is 2.45. The molecule has 0 radical (unpaired) electrons. The zero-order valence-corrected chi connectivity index (χ0v) is 14.6. The van der Waals surface area contributed by atoms with Gasteiger partial charge in [0, 0.05) is 36.8 Å². The average molecular weight is 349 g/mol. The molecule has 0 saturated carbocycles. The van der Waals surface area contributed by atoms with E-state index in [-0.39, 0.29) is 23.3 Å². The molecule has 3 heterocycles. The number of ether oxygens (including phenoxy) is 1. The molecule has 0 amide bonds. The highest BCUT2D eigenvalue weighted by Gasteiger charge is 2.57. The number of nitrogens with two attached hydrogens (primary N) is 1. The second-order valence-electron chi connectivity index (χ2n) is 6.74. The van der Waals surface area contributed by atoms with Crippen LogP contribution in [0.1, 0.15) is 12.5 Å². The molecule has 2 fully saturated rings. The summed E-state index contributed by atoms with van der Waals surface area (Å²) in [4.78, 5) is 0. The van der Waals surface area contributed by atoms with Crippen LogP contribution in [0.4, 0.5) is 4.39 Å². The normalized spacial score (nSPS) is 32.8. The highest BCUT2D eigenvalue weighted by molar-refractivity contribution is 7.92. The van der Waals surface area contributed by atoms with Gasteiger partial charge in [0.2, 0.25) is 0 Å². The van der Waals surface area contributed by atoms with Crippen LogP contribution in [0.5, 0.6) is 0 Å². The predicted octanol–water partition coefficient (Wildman–Crippen LogP) is 1.51. The summed E-state index contributed by atoms with van der Waals surface area (Å²) in [5, 5.41) is 10.4. The second kappa shape index (κ2) is 5.84. The third kappa shape index (κ3) is 2.38. The van der Waals surface area contributed by atoms with Crippen molar-refractivity contribution in [2.75, 3.05) is 18.9 Å². The van der Waals surface area contributed by atoms with Gasteiger partial charge in [0.1, 0.15) is 5.82 Å². The minimum atomic E-state index is -0.426. The Kier molecular flexibility index (Phi) is 3.91. The summed E-state index contributed by atoms with van der Waals surface area (Å²) < 4.78 is 25.9. The van der Waals surface area contributed by atoms with Crippen molar-refractivity contribution in [3.63, 3.8) is 0 Å². The van der Waals surface area contributed by atoms with E-state index in [9.17, 15) is 4.39 Å². The lowest BCUT2D eigenvalue weighted by molar-refractivity contribution is 0.105. The van der Waals surface area contributed by atoms with Crippen LogP contribution in [0.25, 0.3) is 11.3 Å². The number of nitrogens with one attached hydrogen (secondary N) is 1. The summed E-state index contributed by atoms with van der Waals surface area (Å²) >= 11 is -0.426. The van der Waals surface area contributed by atoms with E-state index < -0.39 is 11.3 Å². The van der Waals surface area contributed by atoms with E-state index in [4.69, 9.17) is 9.88 Å². The third-order valence-corrected chi connectivity index (χ3v) is 6.76. The first-order valence-electron chi connectivity index (χ1n) is 8.10. The maximum Gasteiger partial charge on any atom is 0.161 e. The van der Waals surface area contributed by atoms with Crippen molar-refractivity contribution in [1.29, 1.82) is 0 Å². The Morgan fingerprint density at radius 3 is 3.04 bits per heavy atom. The summed E-state index contributed by atoms with van der Waals surface area (Å²) in [5.74, 6) is 0.747. The molecule has 2 aliphatic heterocycles. The van der Waals surface area contributed by atoms with Crippen molar-refractivity contribution in [2.45, 2.75) is 18.4 Å². The van der Waals surface area contributed by atoms with Gasteiger partial charge in [-0.25, -0.2) is 4.39 Å². The Balaban J connectivity index is 1.84. The zero-order valence-electron chi connectivity index (χ0n) is 13.8. The molecule has 2 saturated heterocycles. The molecule has 7 heteroatoms. The van der Waals surface area contributed by atoms with Crippen molar-refractivity contribution in [3.8, 4) is 11.3 Å². The first-order chi connectivity index (χ1) is 11.5. The van der Waals surface area contributed by atoms with Gasteiger partial charge in [0.15, 0.2) is 17.0 Å². The van der Waals surface area contributed by atoms with E-state index in [0.717, 1.165) is 23.4 Å². The summed E-state index contributed by atoms with van der Waals surface area (Å²) in [6.45, 7) is 3.35. The topological polar surface area (TPSA) is 65.1 Å². The van der Waals surface area contributed by atoms with Crippen LogP contribution in [0, 0.1) is 11.7 Å². The maximum absolute atomic E-state index is 14.8. The summed E-state index contributed by atoms with van der Waals surface area (Å²) in [7, 11) is 1.89. The Morgan fingerprint density at radius 2 is 2.29 bits per heavy atom. The number of halogens is 1. The molecule has 0 spiro atoms. The molecule has 1 aromatic carbocycles. The summed E-state index contributed by atoms with van der Waals surface area (Å²) in [6.07, 6.45) is 1.84. The number of fused-ring (bicyclic) bond motifs is 1. The van der Waals surface area contributed by atoms with Crippen LogP contribution in [0.15, 0.2) is 30.5 Å². The largest absolute Gasteiger partial charge is 0.377 e. The minimum Gasteiger partial charge on any atom is -0.377 e. The second-order valence-corrected chi connectivity index (χ2v) is 8.17. The van der Waals surface area contributed by atoms with Crippen LogP contribution in [-0.4, -0.2) is 34.8 Å². The number of benzene rings is 1. The lowest BCUT2D eigenvalue weighted by Crippen LogP contribution is -2.57. The molecule has 3 N–H and O–H groups in total. The fraction of sp³-hybridized carbons (Fsp3) is 0.471. The number of hydrogen-bond acceptors (Lipinski definition) is 4. The SMILES string of the molecule is C[C@H]1OC[C@]2(c3cc(-c4ccnn4C)ccc3F)C[S+](N)NC[C@@H]12. The van der Waals surface area contributed by atoms with Crippen LogP contribution >= 0.6 is 0 Å². The van der Waals surface area contributed by atoms with Crippen molar-refractivity contribution in [1.82, 2.24) is 14.5 Å². The van der Waals surface area contributed by atoms with Crippen LogP contribution < -0.4 is 9.86 Å². The Bertz CT molecular complexity index is 767. The molecule has 4 rings (SSSR count). The van der Waals surface area contributed by atoms with Gasteiger partial charge in [-0.1, -0.05) is 0 Å². The number of aryl methyl sites for hydroxylation is 1. The van der Waals surface area contributed by atoms with Gasteiger partial charge in [-0.2, -0.15) is 5.10 Å². The molecule has 24 heavy (non-hydrogen) atoms. The predicted molar refractivity (Wildman–Crippen MR) is 93.6 cm³/mol. The number of rotatable bonds is 2. The molecule has 5 nitrogen and oxygen atoms in total. The van der Waals surface area contributed by atoms with Crippen molar-refractivity contribution in [3.05, 3.63) is 41.8 Å². The molecular weight excluding hydrogens is 327 g/mol. The number of nitrogens with zero attached hydrogens (tertiary/aromatic N) is 2. The molecule has 4 atom stereocenters. The van der Waals surface area contributed by atoms with Gasteiger partial charge in [0.05, 0.1) is 23.8 Å². The van der Waals surface area contributed by atoms with Gasteiger partial charge in [-0.3, -0.25) is 4.68 Å². The van der Waals surface area contributed by atoms with Crippen molar-refractivity contribution >= 4 is 11.3 Å². The highest BCUT2D eigenvalue weighted by atomic mass is 32.2. The maximum atomic E-state index is 14.8. The number of hydrogen-bond donors (Lipinski definition) is 2. The van der Waals surface area contributed by atoms with E-state index in [2.05, 4.69) is 16.7 Å². The van der Waals surface area contributed by atoms with Crippen molar-refractivity contribution in [2.24, 2.45) is 18.1 Å². The smallest absolute Gasteiger partial charge is 0.161 e. The molecular formula is C17H22FN4OS+. The van der Waals surface area contributed by atoms with E-state index in [1.807, 2.05) is 25.2 Å². The Hall–Kier alpha value is -1.41. The van der Waals surface area contributed by atoms with Crippen LogP contribution in [-0.2, 0) is 28.5 Å². The lowest BCUT2D eigenvalue weighted by Gasteiger charge is -2.37. The standard InChI is InChI=1S/C17H21FN4OS/c1-11-14-8-21-24(19)10-17(14,9-23-11)13-7-12(3-4-15(13)18)16-5-6-20-22(16)2/h3-7,11,14H,8-10H2,1-2H3,(H2,19,21)/p+1/t11-,14+,17-,24?/m1/s1. The molecule has 1 unspecified atom stereocenters. The molecule has 128 valence electrons. The minimum absolute atomic E-state index is 0.0922. The molecule has 0 aliphatic carbocycles. The first-order valence-corrected chi connectivity index (χ1v) is 9.56. The van der Waals surface area contributed by atoms with Gasteiger partial charge in [0.25, 0.3) is 0 Å². The van der Waals surface area contributed by atoms with Crippen LogP contribution in [0.2, 0.25) is 0 Å². The van der Waals surface area contributed by atoms with E-state index in [1.165, 1.54) is 0 Å². The van der Waals surface area contributed by atoms with E-state index in [1.54, 1.807) is 16.9 Å². The average Bonchev–Trinajstić information content (AvgIpc) is 3.12. The van der Waals surface area contributed by atoms with Gasteiger partial charge in [-0.15, -0.1) is 9.86 Å². The van der Waals surface area contributed by atoms with Gasteiger partial charge < -0.3 is 4.74 Å². The Morgan fingerprint density at radius 1 is 1.46 bits per heavy atom. The zero-order chi connectivity index (χ0) is 16.9. The molecule has 2 aromatic rings. The molecule has 2 aliphatic rings. The molecule has 1 aromatic heterocycles. The lowest BCUT2D eigenvalue weighted by atomic mass is 9.71. The Labute approximate surface area is 144 Å². The molecule has 0 bridgehead atoms. The van der Waals surface area contributed by atoms with Gasteiger partial charge >= 0.3 is 0 Å². The first kappa shape index (κ1) is 16.1. The summed E-state index contributed by atoms with van der Waals surface area (Å²) in [6, 6.07) is 7.27. The van der Waals surface area contributed by atoms with Crippen LogP contribution in [0.3, 0.4) is 0 Å². The quantitative estimate of drug-likeness (QED) is 0.807. The fourth-order valence-corrected chi connectivity index (χ4v) is 5.57.